The third-order valence-corrected chi connectivity index (χ3v) is 7.67. The minimum atomic E-state index is -3.28. The summed E-state index contributed by atoms with van der Waals surface area (Å²) in [6.45, 7) is 4.11. The summed E-state index contributed by atoms with van der Waals surface area (Å²) in [5.41, 5.74) is 1.97. The van der Waals surface area contributed by atoms with Gasteiger partial charge in [0, 0.05) is 25.7 Å². The van der Waals surface area contributed by atoms with Crippen LogP contribution in [0.5, 0.6) is 11.5 Å². The predicted molar refractivity (Wildman–Crippen MR) is 148 cm³/mol. The number of carbonyl (C=O) groups excluding carboxylic acids is 1. The van der Waals surface area contributed by atoms with Gasteiger partial charge in [-0.05, 0) is 37.6 Å². The van der Waals surface area contributed by atoms with E-state index in [0.717, 1.165) is 16.9 Å². The number of benzene rings is 2. The minimum absolute atomic E-state index is 0. The molecular weight excluding hydrogens is 530 g/mol. The first-order valence-corrected chi connectivity index (χ1v) is 14.2. The maximum absolute atomic E-state index is 12.2. The molecule has 0 radical (unpaired) electrons. The van der Waals surface area contributed by atoms with Crippen molar-refractivity contribution in [3.05, 3.63) is 52.5 Å². The number of fused-ring (bicyclic) bond motifs is 1. The molecular formula is C25H29N5O6S2. The number of hydrogen-bond donors (Lipinski definition) is 2. The summed E-state index contributed by atoms with van der Waals surface area (Å²) in [6.07, 6.45) is 1.17. The Kier molecular flexibility index (Phi) is 7.97. The first-order chi connectivity index (χ1) is 18.1. The van der Waals surface area contributed by atoms with E-state index in [-0.39, 0.29) is 18.9 Å². The quantitative estimate of drug-likeness (QED) is 0.263. The number of carbonyl (C=O) groups is 1. The molecule has 0 aliphatic heterocycles. The lowest BCUT2D eigenvalue weighted by Crippen LogP contribution is -2.06. The Labute approximate surface area is 225 Å². The van der Waals surface area contributed by atoms with Crippen LogP contribution in [0.4, 0.5) is 16.9 Å². The lowest BCUT2D eigenvalue weighted by atomic mass is 10.2. The maximum atomic E-state index is 12.2. The number of sulfone groups is 1. The van der Waals surface area contributed by atoms with E-state index < -0.39 is 15.8 Å². The Bertz CT molecular complexity index is 1590. The Balaban J connectivity index is 0.00000420. The van der Waals surface area contributed by atoms with Gasteiger partial charge in [-0.15, -0.1) is 0 Å². The van der Waals surface area contributed by atoms with Crippen molar-refractivity contribution in [1.82, 2.24) is 15.0 Å². The van der Waals surface area contributed by atoms with E-state index in [1.807, 2.05) is 0 Å². The molecule has 4 rings (SSSR count). The molecule has 38 heavy (non-hydrogen) atoms. The van der Waals surface area contributed by atoms with Crippen molar-refractivity contribution in [3.8, 4) is 11.5 Å². The number of nitrogens with one attached hydrogen (secondary N) is 2. The highest BCUT2D eigenvalue weighted by Crippen LogP contribution is 2.35. The van der Waals surface area contributed by atoms with Gasteiger partial charge in [0.2, 0.25) is 5.95 Å². The summed E-state index contributed by atoms with van der Waals surface area (Å²) in [7, 11) is -0.200. The van der Waals surface area contributed by atoms with Crippen LogP contribution in [0.15, 0.2) is 41.3 Å². The Morgan fingerprint density at radius 1 is 1.05 bits per heavy atom. The van der Waals surface area contributed by atoms with Crippen LogP contribution in [0.2, 0.25) is 0 Å². The molecule has 11 nitrogen and oxygen atoms in total. The van der Waals surface area contributed by atoms with Crippen molar-refractivity contribution in [2.75, 3.05) is 37.7 Å². The largest absolute Gasteiger partial charge is 0.493 e. The van der Waals surface area contributed by atoms with E-state index >= 15 is 0 Å². The number of hydrogen-bond acceptors (Lipinski definition) is 12. The molecule has 2 aromatic heterocycles. The molecule has 0 aliphatic rings. The van der Waals surface area contributed by atoms with Crippen molar-refractivity contribution in [3.63, 3.8) is 0 Å². The number of aryl methyl sites for hydroxylation is 1. The van der Waals surface area contributed by atoms with Gasteiger partial charge in [0.05, 0.1) is 36.9 Å². The van der Waals surface area contributed by atoms with Gasteiger partial charge >= 0.3 is 5.97 Å². The molecule has 0 atom stereocenters. The molecule has 0 fully saturated rings. The fourth-order valence-corrected chi connectivity index (χ4v) is 5.10. The second-order valence-electron chi connectivity index (χ2n) is 8.17. The predicted octanol–water partition coefficient (Wildman–Crippen LogP) is 4.59. The van der Waals surface area contributed by atoms with Crippen LogP contribution in [0.3, 0.4) is 0 Å². The number of nitrogens with zero attached hydrogens (tertiary/aromatic N) is 3. The monoisotopic (exact) mass is 559 g/mol. The van der Waals surface area contributed by atoms with E-state index in [1.165, 1.54) is 6.26 Å². The normalized spacial score (nSPS) is 11.3. The molecule has 4 aromatic rings. The van der Waals surface area contributed by atoms with Gasteiger partial charge in [0.25, 0.3) is 0 Å². The molecule has 202 valence electrons. The average molecular weight is 560 g/mol. The summed E-state index contributed by atoms with van der Waals surface area (Å²) < 4.78 is 39.5. The van der Waals surface area contributed by atoms with E-state index in [9.17, 15) is 13.2 Å². The van der Waals surface area contributed by atoms with E-state index in [1.54, 1.807) is 64.5 Å². The lowest BCUT2D eigenvalue weighted by molar-refractivity contribution is 0.0531. The van der Waals surface area contributed by atoms with Crippen LogP contribution < -0.4 is 20.1 Å². The molecule has 0 amide bonds. The highest BCUT2D eigenvalue weighted by Gasteiger charge is 2.18. The third kappa shape index (κ3) is 5.94. The molecule has 0 saturated heterocycles. The van der Waals surface area contributed by atoms with Gasteiger partial charge in [-0.3, -0.25) is 5.32 Å². The average Bonchev–Trinajstić information content (AvgIpc) is 3.26. The second kappa shape index (κ2) is 11.2. The van der Waals surface area contributed by atoms with Gasteiger partial charge in [0.15, 0.2) is 26.5 Å². The van der Waals surface area contributed by atoms with Crippen LogP contribution in [0.1, 0.15) is 29.3 Å². The Hall–Kier alpha value is -3.97. The summed E-state index contributed by atoms with van der Waals surface area (Å²) in [4.78, 5) is 26.5. The first-order valence-electron chi connectivity index (χ1n) is 11.5. The summed E-state index contributed by atoms with van der Waals surface area (Å²) in [5.74, 6) is 1.34. The molecule has 0 bridgehead atoms. The summed E-state index contributed by atoms with van der Waals surface area (Å²) in [5, 5.41) is 7.50. The van der Waals surface area contributed by atoms with Crippen molar-refractivity contribution < 1.29 is 28.8 Å². The summed E-state index contributed by atoms with van der Waals surface area (Å²) >= 11 is 1.15. The van der Waals surface area contributed by atoms with Crippen molar-refractivity contribution in [2.24, 2.45) is 0 Å². The fourth-order valence-electron chi connectivity index (χ4n) is 3.62. The van der Waals surface area contributed by atoms with Gasteiger partial charge in [-0.25, -0.2) is 23.2 Å². The summed E-state index contributed by atoms with van der Waals surface area (Å²) in [6, 6.07) is 10.1. The van der Waals surface area contributed by atoms with E-state index in [0.29, 0.717) is 50.5 Å². The fraction of sp³-hybridized carbons (Fsp3) is 0.280. The standard InChI is InChI=1S/C25H27N5O6S2.H2/c1-6-36-23(31)21-14(2)27-25(37-21)30-24-28-18-12-20(35-4)19(34-3)11-17(18)22(29-24)26-13-15-7-9-16(10-8-15)38(5,32)33;/h7-12H,6,13H2,1-5H3,(H2,26,27,28,29,30);1H. The van der Waals surface area contributed by atoms with Crippen LogP contribution in [-0.2, 0) is 21.1 Å². The zero-order chi connectivity index (χ0) is 27.4. The molecule has 0 saturated carbocycles. The smallest absolute Gasteiger partial charge is 0.350 e. The van der Waals surface area contributed by atoms with Gasteiger partial charge in [-0.1, -0.05) is 23.5 Å². The molecule has 2 N–H and O–H groups in total. The second-order valence-corrected chi connectivity index (χ2v) is 11.2. The van der Waals surface area contributed by atoms with Gasteiger partial charge in [0.1, 0.15) is 10.7 Å². The number of esters is 1. The SMILES string of the molecule is CCOC(=O)c1sc(Nc2nc(NCc3ccc(S(C)(=O)=O)cc3)c3cc(OC)c(OC)cc3n2)nc1C.[HH]. The van der Waals surface area contributed by atoms with E-state index in [4.69, 9.17) is 14.2 Å². The van der Waals surface area contributed by atoms with Gasteiger partial charge in [-0.2, -0.15) is 4.98 Å². The number of anilines is 3. The topological polar surface area (TPSA) is 142 Å². The van der Waals surface area contributed by atoms with Crippen LogP contribution in [0, 0.1) is 6.92 Å². The van der Waals surface area contributed by atoms with Crippen molar-refractivity contribution >= 4 is 54.9 Å². The van der Waals surface area contributed by atoms with E-state index in [2.05, 4.69) is 25.6 Å². The van der Waals surface area contributed by atoms with Crippen LogP contribution in [-0.4, -0.2) is 56.4 Å². The van der Waals surface area contributed by atoms with Crippen LogP contribution >= 0.6 is 11.3 Å². The molecule has 2 heterocycles. The Morgan fingerprint density at radius 3 is 2.37 bits per heavy atom. The number of methoxy groups -OCH3 is 2. The maximum Gasteiger partial charge on any atom is 0.350 e. The molecule has 2 aromatic carbocycles. The first kappa shape index (κ1) is 27.1. The van der Waals surface area contributed by atoms with Crippen molar-refractivity contribution in [2.45, 2.75) is 25.3 Å². The number of aromatic nitrogens is 3. The molecule has 0 spiro atoms. The minimum Gasteiger partial charge on any atom is -0.493 e. The highest BCUT2D eigenvalue weighted by atomic mass is 32.2. The van der Waals surface area contributed by atoms with Crippen molar-refractivity contribution in [1.29, 1.82) is 0 Å². The van der Waals surface area contributed by atoms with Gasteiger partial charge < -0.3 is 19.5 Å². The molecule has 0 unspecified atom stereocenters. The van der Waals surface area contributed by atoms with Crippen LogP contribution in [0.25, 0.3) is 10.9 Å². The third-order valence-electron chi connectivity index (χ3n) is 5.49. The number of thiazole rings is 1. The zero-order valence-electron chi connectivity index (χ0n) is 21.5. The highest BCUT2D eigenvalue weighted by molar-refractivity contribution is 7.90. The Morgan fingerprint density at radius 2 is 1.74 bits per heavy atom. The lowest BCUT2D eigenvalue weighted by Gasteiger charge is -2.14. The number of ether oxygens (including phenoxy) is 3. The zero-order valence-corrected chi connectivity index (χ0v) is 23.1. The number of rotatable bonds is 10. The molecule has 0 aliphatic carbocycles. The molecule has 13 heteroatoms.